The summed E-state index contributed by atoms with van der Waals surface area (Å²) in [6, 6.07) is 19.0. The lowest BCUT2D eigenvalue weighted by Crippen LogP contribution is -1.99. The third kappa shape index (κ3) is 2.45. The number of fused-ring (bicyclic) bond motifs is 2. The summed E-state index contributed by atoms with van der Waals surface area (Å²) >= 11 is 3.44. The molecule has 0 spiro atoms. The molecule has 0 aliphatic rings. The van der Waals surface area contributed by atoms with Gasteiger partial charge in [0, 0.05) is 16.1 Å². The van der Waals surface area contributed by atoms with E-state index in [4.69, 9.17) is 4.74 Å². The summed E-state index contributed by atoms with van der Waals surface area (Å²) in [5, 5.41) is 5.81. The van der Waals surface area contributed by atoms with E-state index in [1.165, 1.54) is 21.5 Å². The molecule has 19 heavy (non-hydrogen) atoms. The number of alkyl halides is 1. The van der Waals surface area contributed by atoms with E-state index in [1.807, 2.05) is 0 Å². The standard InChI is InChI=1S/C17H15BrO/c18-10-5-11-19-17-15-8-3-1-6-13(15)12-14-7-2-4-9-16(14)17/h1-4,6-9,12H,5,10-11H2. The summed E-state index contributed by atoms with van der Waals surface area (Å²) < 4.78 is 6.04. The molecular formula is C17H15BrO. The highest BCUT2D eigenvalue weighted by Gasteiger charge is 2.07. The minimum absolute atomic E-state index is 0.739. The molecule has 0 bridgehead atoms. The molecule has 0 heterocycles. The maximum atomic E-state index is 6.04. The molecule has 3 aromatic carbocycles. The van der Waals surface area contributed by atoms with Gasteiger partial charge in [0.05, 0.1) is 6.61 Å². The fourth-order valence-electron chi connectivity index (χ4n) is 2.36. The molecule has 0 aliphatic heterocycles. The molecule has 0 radical (unpaired) electrons. The first kappa shape index (κ1) is 12.5. The summed E-state index contributed by atoms with van der Waals surface area (Å²) in [6.45, 7) is 0.739. The fourth-order valence-corrected chi connectivity index (χ4v) is 2.59. The third-order valence-electron chi connectivity index (χ3n) is 3.25. The van der Waals surface area contributed by atoms with E-state index in [0.29, 0.717) is 0 Å². The molecule has 0 aliphatic carbocycles. The van der Waals surface area contributed by atoms with Crippen LogP contribution in [0, 0.1) is 0 Å². The van der Waals surface area contributed by atoms with Crippen LogP contribution in [0.25, 0.3) is 21.5 Å². The molecule has 1 nitrogen and oxygen atoms in total. The van der Waals surface area contributed by atoms with Gasteiger partial charge in [-0.1, -0.05) is 64.5 Å². The van der Waals surface area contributed by atoms with Crippen molar-refractivity contribution in [3.63, 3.8) is 0 Å². The Morgan fingerprint density at radius 1 is 0.842 bits per heavy atom. The third-order valence-corrected chi connectivity index (χ3v) is 3.81. The van der Waals surface area contributed by atoms with Crippen LogP contribution in [0.2, 0.25) is 0 Å². The van der Waals surface area contributed by atoms with Gasteiger partial charge in [0.25, 0.3) is 0 Å². The van der Waals surface area contributed by atoms with E-state index >= 15 is 0 Å². The minimum atomic E-state index is 0.739. The highest BCUT2D eigenvalue weighted by atomic mass is 79.9. The molecule has 2 heteroatoms. The van der Waals surface area contributed by atoms with Crippen LogP contribution in [0.15, 0.2) is 54.6 Å². The predicted molar refractivity (Wildman–Crippen MR) is 85.4 cm³/mol. The summed E-state index contributed by atoms with van der Waals surface area (Å²) in [5.74, 6) is 1.01. The van der Waals surface area contributed by atoms with Gasteiger partial charge < -0.3 is 4.74 Å². The summed E-state index contributed by atoms with van der Waals surface area (Å²) in [5.41, 5.74) is 0. The van der Waals surface area contributed by atoms with Crippen molar-refractivity contribution in [2.75, 3.05) is 11.9 Å². The van der Waals surface area contributed by atoms with Gasteiger partial charge in [-0.2, -0.15) is 0 Å². The Morgan fingerprint density at radius 2 is 1.42 bits per heavy atom. The van der Waals surface area contributed by atoms with E-state index in [1.54, 1.807) is 0 Å². The van der Waals surface area contributed by atoms with Gasteiger partial charge in [0.2, 0.25) is 0 Å². The zero-order valence-corrected chi connectivity index (χ0v) is 12.2. The molecule has 0 fully saturated rings. The van der Waals surface area contributed by atoms with Crippen LogP contribution in [0.5, 0.6) is 5.75 Å². The molecule has 0 N–H and O–H groups in total. The fraction of sp³-hybridized carbons (Fsp3) is 0.176. The van der Waals surface area contributed by atoms with E-state index in [0.717, 1.165) is 24.1 Å². The van der Waals surface area contributed by atoms with Crippen LogP contribution in [0.3, 0.4) is 0 Å². The Bertz CT molecular complexity index is 652. The number of hydrogen-bond acceptors (Lipinski definition) is 1. The summed E-state index contributed by atoms with van der Waals surface area (Å²) in [6.07, 6.45) is 1.01. The molecule has 3 rings (SSSR count). The monoisotopic (exact) mass is 314 g/mol. The zero-order chi connectivity index (χ0) is 13.1. The Morgan fingerprint density at radius 3 is 2.00 bits per heavy atom. The van der Waals surface area contributed by atoms with Gasteiger partial charge in [-0.3, -0.25) is 0 Å². The topological polar surface area (TPSA) is 9.23 Å². The number of rotatable bonds is 4. The molecule has 0 atom stereocenters. The molecule has 0 saturated carbocycles. The SMILES string of the molecule is BrCCCOc1c2ccccc2cc2ccccc12. The summed E-state index contributed by atoms with van der Waals surface area (Å²) in [7, 11) is 0. The van der Waals surface area contributed by atoms with E-state index in [-0.39, 0.29) is 0 Å². The highest BCUT2D eigenvalue weighted by molar-refractivity contribution is 9.09. The van der Waals surface area contributed by atoms with Crippen molar-refractivity contribution in [3.05, 3.63) is 54.6 Å². The maximum Gasteiger partial charge on any atom is 0.134 e. The van der Waals surface area contributed by atoms with Crippen molar-refractivity contribution in [3.8, 4) is 5.75 Å². The average molecular weight is 315 g/mol. The molecule has 0 saturated heterocycles. The number of halogens is 1. The molecule has 3 aromatic rings. The quantitative estimate of drug-likeness (QED) is 0.367. The predicted octanol–water partition coefficient (Wildman–Crippen LogP) is 5.16. The average Bonchev–Trinajstić information content (AvgIpc) is 2.46. The van der Waals surface area contributed by atoms with Gasteiger partial charge in [-0.05, 0) is 23.3 Å². The first-order valence-electron chi connectivity index (χ1n) is 6.49. The van der Waals surface area contributed by atoms with Crippen LogP contribution in [0.1, 0.15) is 6.42 Å². The maximum absolute atomic E-state index is 6.04. The van der Waals surface area contributed by atoms with Crippen molar-refractivity contribution in [1.29, 1.82) is 0 Å². The van der Waals surface area contributed by atoms with E-state index < -0.39 is 0 Å². The zero-order valence-electron chi connectivity index (χ0n) is 10.6. The molecule has 96 valence electrons. The first-order valence-corrected chi connectivity index (χ1v) is 7.61. The lowest BCUT2D eigenvalue weighted by Gasteiger charge is -2.12. The first-order chi connectivity index (χ1) is 9.40. The Labute approximate surface area is 121 Å². The second kappa shape index (κ2) is 5.62. The van der Waals surface area contributed by atoms with Crippen LogP contribution in [-0.4, -0.2) is 11.9 Å². The Balaban J connectivity index is 2.21. The van der Waals surface area contributed by atoms with E-state index in [2.05, 4.69) is 70.5 Å². The minimum Gasteiger partial charge on any atom is -0.492 e. The number of benzene rings is 3. The smallest absolute Gasteiger partial charge is 0.134 e. The van der Waals surface area contributed by atoms with Crippen LogP contribution >= 0.6 is 15.9 Å². The van der Waals surface area contributed by atoms with Gasteiger partial charge >= 0.3 is 0 Å². The van der Waals surface area contributed by atoms with Crippen LogP contribution < -0.4 is 4.74 Å². The van der Waals surface area contributed by atoms with Crippen molar-refractivity contribution in [2.45, 2.75) is 6.42 Å². The Kier molecular flexibility index (Phi) is 3.69. The van der Waals surface area contributed by atoms with Gasteiger partial charge in [-0.15, -0.1) is 0 Å². The number of ether oxygens (including phenoxy) is 1. The van der Waals surface area contributed by atoms with E-state index in [9.17, 15) is 0 Å². The Hall–Kier alpha value is -1.54. The normalized spacial score (nSPS) is 11.0. The number of hydrogen-bond donors (Lipinski definition) is 0. The lowest BCUT2D eigenvalue weighted by atomic mass is 10.0. The highest BCUT2D eigenvalue weighted by Crippen LogP contribution is 2.34. The summed E-state index contributed by atoms with van der Waals surface area (Å²) in [4.78, 5) is 0. The van der Waals surface area contributed by atoms with Crippen molar-refractivity contribution >= 4 is 37.5 Å². The largest absolute Gasteiger partial charge is 0.492 e. The van der Waals surface area contributed by atoms with Crippen LogP contribution in [0.4, 0.5) is 0 Å². The van der Waals surface area contributed by atoms with Gasteiger partial charge in [0.15, 0.2) is 0 Å². The second-order valence-electron chi connectivity index (χ2n) is 4.54. The second-order valence-corrected chi connectivity index (χ2v) is 5.33. The van der Waals surface area contributed by atoms with Crippen molar-refractivity contribution < 1.29 is 4.74 Å². The van der Waals surface area contributed by atoms with Gasteiger partial charge in [0.1, 0.15) is 5.75 Å². The van der Waals surface area contributed by atoms with Gasteiger partial charge in [-0.25, -0.2) is 0 Å². The van der Waals surface area contributed by atoms with Crippen LogP contribution in [-0.2, 0) is 0 Å². The van der Waals surface area contributed by atoms with Crippen molar-refractivity contribution in [2.24, 2.45) is 0 Å². The molecule has 0 unspecified atom stereocenters. The molecule has 0 amide bonds. The molecular weight excluding hydrogens is 300 g/mol. The molecule has 0 aromatic heterocycles. The van der Waals surface area contributed by atoms with Crippen molar-refractivity contribution in [1.82, 2.24) is 0 Å². The lowest BCUT2D eigenvalue weighted by molar-refractivity contribution is 0.326.